The van der Waals surface area contributed by atoms with Gasteiger partial charge in [-0.05, 0) is 35.7 Å². The first-order chi connectivity index (χ1) is 13.5. The van der Waals surface area contributed by atoms with Gasteiger partial charge in [-0.2, -0.15) is 5.10 Å². The van der Waals surface area contributed by atoms with Crippen molar-refractivity contribution in [3.05, 3.63) is 69.6 Å². The van der Waals surface area contributed by atoms with Crippen LogP contribution in [-0.4, -0.2) is 37.6 Å². The second kappa shape index (κ2) is 6.86. The third-order valence-corrected chi connectivity index (χ3v) is 5.30. The number of benzene rings is 1. The minimum Gasteiger partial charge on any atom is -0.502 e. The van der Waals surface area contributed by atoms with E-state index >= 15 is 0 Å². The standard InChI is InChI=1S/C19H15N3O5S/c1-27-13-4-2-12(3-5-13)22-10-11(8-20-22)9-21-14-6-7-28-17(14)15(19(25)26)16(23)18(21)24/h2-8,10,23H,9H2,1H3,(H,25,26). The summed E-state index contributed by atoms with van der Waals surface area (Å²) in [6.45, 7) is 0.148. The molecule has 28 heavy (non-hydrogen) atoms. The number of hydrogen-bond donors (Lipinski definition) is 2. The summed E-state index contributed by atoms with van der Waals surface area (Å²) >= 11 is 1.16. The van der Waals surface area contributed by atoms with Crippen LogP contribution in [0.15, 0.2) is 52.9 Å². The number of nitrogens with zero attached hydrogens (tertiary/aromatic N) is 3. The lowest BCUT2D eigenvalue weighted by Gasteiger charge is -2.09. The van der Waals surface area contributed by atoms with E-state index in [1.54, 1.807) is 35.6 Å². The molecule has 8 nitrogen and oxygen atoms in total. The molecular weight excluding hydrogens is 382 g/mol. The van der Waals surface area contributed by atoms with Crippen molar-refractivity contribution in [1.29, 1.82) is 0 Å². The Morgan fingerprint density at radius 2 is 2.00 bits per heavy atom. The molecule has 2 N–H and O–H groups in total. The Kier molecular flexibility index (Phi) is 4.36. The number of rotatable bonds is 5. The summed E-state index contributed by atoms with van der Waals surface area (Å²) < 4.78 is 8.51. The normalized spacial score (nSPS) is 11.0. The van der Waals surface area contributed by atoms with Crippen molar-refractivity contribution in [3.8, 4) is 17.2 Å². The van der Waals surface area contributed by atoms with Crippen molar-refractivity contribution in [1.82, 2.24) is 14.3 Å². The third-order valence-electron chi connectivity index (χ3n) is 4.37. The molecule has 0 fully saturated rings. The van der Waals surface area contributed by atoms with Gasteiger partial charge < -0.3 is 14.9 Å². The largest absolute Gasteiger partial charge is 0.502 e. The average Bonchev–Trinajstić information content (AvgIpc) is 3.35. The number of aromatic hydroxyl groups is 1. The number of carbonyl (C=O) groups is 1. The van der Waals surface area contributed by atoms with Crippen molar-refractivity contribution in [2.45, 2.75) is 6.54 Å². The Morgan fingerprint density at radius 3 is 2.68 bits per heavy atom. The summed E-state index contributed by atoms with van der Waals surface area (Å²) in [6.07, 6.45) is 3.39. The van der Waals surface area contributed by atoms with E-state index in [1.165, 1.54) is 4.57 Å². The first-order valence-corrected chi connectivity index (χ1v) is 9.12. The molecule has 0 aliphatic rings. The molecule has 0 bridgehead atoms. The lowest BCUT2D eigenvalue weighted by molar-refractivity contribution is 0.0695. The highest BCUT2D eigenvalue weighted by Gasteiger charge is 2.22. The van der Waals surface area contributed by atoms with Gasteiger partial charge in [0.15, 0.2) is 5.75 Å². The van der Waals surface area contributed by atoms with Crippen molar-refractivity contribution >= 4 is 27.5 Å². The highest BCUT2D eigenvalue weighted by atomic mass is 32.1. The maximum Gasteiger partial charge on any atom is 0.341 e. The van der Waals surface area contributed by atoms with Crippen LogP contribution in [0.3, 0.4) is 0 Å². The molecular formula is C19H15N3O5S. The summed E-state index contributed by atoms with van der Waals surface area (Å²) in [5, 5.41) is 25.5. The van der Waals surface area contributed by atoms with E-state index in [0.717, 1.165) is 28.3 Å². The van der Waals surface area contributed by atoms with Gasteiger partial charge in [-0.25, -0.2) is 9.48 Å². The Hall–Kier alpha value is -3.59. The van der Waals surface area contributed by atoms with Gasteiger partial charge in [0.1, 0.15) is 11.3 Å². The first kappa shape index (κ1) is 17.8. The summed E-state index contributed by atoms with van der Waals surface area (Å²) in [4.78, 5) is 24.0. The van der Waals surface area contributed by atoms with Crippen LogP contribution < -0.4 is 10.3 Å². The second-order valence-electron chi connectivity index (χ2n) is 6.05. The zero-order valence-electron chi connectivity index (χ0n) is 14.7. The Bertz CT molecular complexity index is 1240. The van der Waals surface area contributed by atoms with Gasteiger partial charge in [0.05, 0.1) is 35.8 Å². The Morgan fingerprint density at radius 1 is 1.25 bits per heavy atom. The fourth-order valence-corrected chi connectivity index (χ4v) is 3.94. The Balaban J connectivity index is 1.73. The topological polar surface area (TPSA) is 107 Å². The van der Waals surface area contributed by atoms with E-state index in [4.69, 9.17) is 4.74 Å². The van der Waals surface area contributed by atoms with Crippen molar-refractivity contribution in [2.75, 3.05) is 7.11 Å². The van der Waals surface area contributed by atoms with Crippen molar-refractivity contribution in [2.24, 2.45) is 0 Å². The first-order valence-electron chi connectivity index (χ1n) is 8.24. The molecule has 0 spiro atoms. The van der Waals surface area contributed by atoms with Crippen LogP contribution in [0.25, 0.3) is 15.9 Å². The number of fused-ring (bicyclic) bond motifs is 1. The lowest BCUT2D eigenvalue weighted by Crippen LogP contribution is -2.22. The number of carboxylic acids is 1. The molecule has 0 atom stereocenters. The molecule has 9 heteroatoms. The molecule has 3 aromatic heterocycles. The van der Waals surface area contributed by atoms with Crippen molar-refractivity contribution in [3.63, 3.8) is 0 Å². The monoisotopic (exact) mass is 397 g/mol. The SMILES string of the molecule is COc1ccc(-n2cc(Cn3c(=O)c(O)c(C(=O)O)c4sccc43)cn2)cc1. The lowest BCUT2D eigenvalue weighted by atomic mass is 10.2. The molecule has 0 aliphatic heterocycles. The molecule has 4 aromatic rings. The van der Waals surface area contributed by atoms with E-state index in [2.05, 4.69) is 5.10 Å². The van der Waals surface area contributed by atoms with Crippen LogP contribution in [-0.2, 0) is 6.54 Å². The van der Waals surface area contributed by atoms with E-state index in [1.807, 2.05) is 24.3 Å². The smallest absolute Gasteiger partial charge is 0.341 e. The molecule has 0 unspecified atom stereocenters. The molecule has 0 saturated heterocycles. The molecule has 1 aromatic carbocycles. The van der Waals surface area contributed by atoms with Crippen LogP contribution in [0.5, 0.6) is 11.5 Å². The van der Waals surface area contributed by atoms with Gasteiger partial charge in [0.2, 0.25) is 0 Å². The number of aromatic nitrogens is 3. The zero-order valence-corrected chi connectivity index (χ0v) is 15.5. The highest BCUT2D eigenvalue weighted by molar-refractivity contribution is 7.17. The van der Waals surface area contributed by atoms with Gasteiger partial charge >= 0.3 is 5.97 Å². The molecule has 0 saturated carbocycles. The molecule has 0 radical (unpaired) electrons. The highest BCUT2D eigenvalue weighted by Crippen LogP contribution is 2.29. The van der Waals surface area contributed by atoms with Gasteiger partial charge in [-0.3, -0.25) is 9.36 Å². The maximum absolute atomic E-state index is 12.6. The summed E-state index contributed by atoms with van der Waals surface area (Å²) in [5.74, 6) is -1.36. The number of aromatic carboxylic acids is 1. The van der Waals surface area contributed by atoms with Gasteiger partial charge in [-0.15, -0.1) is 11.3 Å². The predicted octanol–water partition coefficient (Wildman–Crippen LogP) is 2.71. The summed E-state index contributed by atoms with van der Waals surface area (Å²) in [5.41, 5.74) is 0.903. The third kappa shape index (κ3) is 2.91. The van der Waals surface area contributed by atoms with E-state index in [0.29, 0.717) is 10.2 Å². The molecule has 3 heterocycles. The van der Waals surface area contributed by atoms with Crippen LogP contribution in [0.1, 0.15) is 15.9 Å². The van der Waals surface area contributed by atoms with Gasteiger partial charge in [-0.1, -0.05) is 0 Å². The summed E-state index contributed by atoms with van der Waals surface area (Å²) in [7, 11) is 1.59. The molecule has 142 valence electrons. The fraction of sp³-hybridized carbons (Fsp3) is 0.105. The summed E-state index contributed by atoms with van der Waals surface area (Å²) in [6, 6.07) is 9.01. The number of thiophene rings is 1. The number of methoxy groups -OCH3 is 1. The molecule has 0 amide bonds. The maximum atomic E-state index is 12.6. The van der Waals surface area contributed by atoms with Crippen LogP contribution in [0.2, 0.25) is 0 Å². The predicted molar refractivity (Wildman–Crippen MR) is 104 cm³/mol. The zero-order chi connectivity index (χ0) is 19.8. The number of ether oxygens (including phenoxy) is 1. The van der Waals surface area contributed by atoms with E-state index in [-0.39, 0.29) is 12.1 Å². The Labute approximate surface area is 162 Å². The fourth-order valence-electron chi connectivity index (χ4n) is 3.01. The minimum atomic E-state index is -1.33. The van der Waals surface area contributed by atoms with Crippen LogP contribution in [0, 0.1) is 0 Å². The van der Waals surface area contributed by atoms with Gasteiger partial charge in [0.25, 0.3) is 5.56 Å². The van der Waals surface area contributed by atoms with Crippen molar-refractivity contribution < 1.29 is 19.7 Å². The molecule has 0 aliphatic carbocycles. The van der Waals surface area contributed by atoms with E-state index < -0.39 is 17.3 Å². The quantitative estimate of drug-likeness (QED) is 0.536. The number of hydrogen-bond acceptors (Lipinski definition) is 6. The number of pyridine rings is 1. The number of carboxylic acid groups (broad SMARTS) is 1. The second-order valence-corrected chi connectivity index (χ2v) is 6.96. The average molecular weight is 397 g/mol. The van der Waals surface area contributed by atoms with Gasteiger partial charge in [0, 0.05) is 11.8 Å². The minimum absolute atomic E-state index is 0.148. The van der Waals surface area contributed by atoms with E-state index in [9.17, 15) is 19.8 Å². The van der Waals surface area contributed by atoms with Crippen LogP contribution >= 0.6 is 11.3 Å². The molecule has 4 rings (SSSR count). The van der Waals surface area contributed by atoms with Crippen LogP contribution in [0.4, 0.5) is 0 Å².